The van der Waals surface area contributed by atoms with Gasteiger partial charge in [-0.2, -0.15) is 0 Å². The Labute approximate surface area is 134 Å². The van der Waals surface area contributed by atoms with E-state index in [9.17, 15) is 4.79 Å². The third-order valence-electron chi connectivity index (χ3n) is 3.30. The summed E-state index contributed by atoms with van der Waals surface area (Å²) in [6, 6.07) is 7.19. The SMILES string of the molecule is CCN(C)CC.CO/C(C)=C/C=C(\N)c1ccccc1C=O. The molecule has 1 aromatic rings. The van der Waals surface area contributed by atoms with E-state index in [1.165, 1.54) is 0 Å². The van der Waals surface area contributed by atoms with Crippen LogP contribution >= 0.6 is 0 Å². The fourth-order valence-corrected chi connectivity index (χ4v) is 1.45. The summed E-state index contributed by atoms with van der Waals surface area (Å²) >= 11 is 0. The van der Waals surface area contributed by atoms with Crippen molar-refractivity contribution < 1.29 is 9.53 Å². The van der Waals surface area contributed by atoms with Crippen molar-refractivity contribution in [2.24, 2.45) is 5.73 Å². The number of hydrogen-bond acceptors (Lipinski definition) is 4. The van der Waals surface area contributed by atoms with Crippen molar-refractivity contribution in [1.29, 1.82) is 0 Å². The van der Waals surface area contributed by atoms with Crippen molar-refractivity contribution >= 4 is 12.0 Å². The number of methoxy groups -OCH3 is 1. The van der Waals surface area contributed by atoms with Gasteiger partial charge in [0.05, 0.1) is 12.9 Å². The first-order valence-corrected chi connectivity index (χ1v) is 7.41. The minimum absolute atomic E-state index is 0.541. The molecule has 0 saturated carbocycles. The molecule has 0 aliphatic carbocycles. The molecule has 0 spiro atoms. The van der Waals surface area contributed by atoms with Gasteiger partial charge in [0.25, 0.3) is 0 Å². The summed E-state index contributed by atoms with van der Waals surface area (Å²) in [5.74, 6) is 0.756. The van der Waals surface area contributed by atoms with Gasteiger partial charge < -0.3 is 15.4 Å². The third kappa shape index (κ3) is 7.64. The standard InChI is InChI=1S/C13H15NO2.C5H13N/c1-10(16-2)7-8-13(14)12-6-4-3-5-11(12)9-15;1-4-6(3)5-2/h3-9H,14H2,1-2H3;4-5H2,1-3H3/b10-7+,13-8-;. The Morgan fingerprint density at radius 3 is 2.27 bits per heavy atom. The van der Waals surface area contributed by atoms with Gasteiger partial charge in [0.2, 0.25) is 0 Å². The molecule has 2 N–H and O–H groups in total. The maximum absolute atomic E-state index is 10.8. The highest BCUT2D eigenvalue weighted by Crippen LogP contribution is 2.13. The Kier molecular flexibility index (Phi) is 10.5. The van der Waals surface area contributed by atoms with Crippen molar-refractivity contribution in [3.63, 3.8) is 0 Å². The lowest BCUT2D eigenvalue weighted by atomic mass is 10.1. The van der Waals surface area contributed by atoms with E-state index in [1.807, 2.05) is 19.1 Å². The molecule has 0 aromatic heterocycles. The molecule has 0 aliphatic rings. The predicted octanol–water partition coefficient (Wildman–Crippen LogP) is 3.31. The van der Waals surface area contributed by atoms with Crippen LogP contribution in [0.3, 0.4) is 0 Å². The van der Waals surface area contributed by atoms with Crippen LogP contribution < -0.4 is 5.73 Å². The zero-order valence-corrected chi connectivity index (χ0v) is 14.3. The smallest absolute Gasteiger partial charge is 0.150 e. The van der Waals surface area contributed by atoms with Crippen molar-refractivity contribution in [3.8, 4) is 0 Å². The topological polar surface area (TPSA) is 55.6 Å². The van der Waals surface area contributed by atoms with E-state index in [1.54, 1.807) is 31.4 Å². The second kappa shape index (κ2) is 11.6. The number of allylic oxidation sites excluding steroid dienone is 3. The molecular formula is C18H28N2O2. The molecule has 0 saturated heterocycles. The second-order valence-corrected chi connectivity index (χ2v) is 4.80. The largest absolute Gasteiger partial charge is 0.501 e. The number of ether oxygens (including phenoxy) is 1. The van der Waals surface area contributed by atoms with Gasteiger partial charge in [-0.05, 0) is 39.2 Å². The molecule has 0 fully saturated rings. The zero-order valence-electron chi connectivity index (χ0n) is 14.3. The van der Waals surface area contributed by atoms with Crippen LogP contribution in [0.5, 0.6) is 0 Å². The van der Waals surface area contributed by atoms with Crippen LogP contribution in [-0.2, 0) is 4.74 Å². The van der Waals surface area contributed by atoms with E-state index in [4.69, 9.17) is 10.5 Å². The number of nitrogens with two attached hydrogens (primary N) is 1. The normalized spacial score (nSPS) is 11.7. The molecule has 22 heavy (non-hydrogen) atoms. The van der Waals surface area contributed by atoms with Crippen LogP contribution in [0, 0.1) is 0 Å². The first-order chi connectivity index (χ1) is 10.5. The number of carbonyl (C=O) groups excluding carboxylic acids is 1. The number of aldehydes is 1. The molecule has 1 rings (SSSR count). The Morgan fingerprint density at radius 2 is 1.82 bits per heavy atom. The molecule has 0 amide bonds. The molecule has 0 heterocycles. The first kappa shape index (κ1) is 19.9. The first-order valence-electron chi connectivity index (χ1n) is 7.41. The van der Waals surface area contributed by atoms with Gasteiger partial charge in [0, 0.05) is 16.8 Å². The maximum atomic E-state index is 10.8. The minimum atomic E-state index is 0.541. The van der Waals surface area contributed by atoms with Crippen molar-refractivity contribution in [2.75, 3.05) is 27.2 Å². The van der Waals surface area contributed by atoms with E-state index in [2.05, 4.69) is 25.8 Å². The fraction of sp³-hybridized carbons (Fsp3) is 0.389. The van der Waals surface area contributed by atoms with E-state index in [0.29, 0.717) is 11.3 Å². The molecule has 0 unspecified atom stereocenters. The summed E-state index contributed by atoms with van der Waals surface area (Å²) in [6.45, 7) is 8.47. The summed E-state index contributed by atoms with van der Waals surface area (Å²) in [7, 11) is 3.70. The quantitative estimate of drug-likeness (QED) is 0.498. The summed E-state index contributed by atoms with van der Waals surface area (Å²) < 4.78 is 4.98. The van der Waals surface area contributed by atoms with Crippen LogP contribution in [0.15, 0.2) is 42.2 Å². The van der Waals surface area contributed by atoms with Gasteiger partial charge in [-0.15, -0.1) is 0 Å². The molecule has 4 nitrogen and oxygen atoms in total. The van der Waals surface area contributed by atoms with Crippen molar-refractivity contribution in [2.45, 2.75) is 20.8 Å². The Hall–Kier alpha value is -2.07. The number of hydrogen-bond donors (Lipinski definition) is 1. The molecule has 0 radical (unpaired) electrons. The lowest BCUT2D eigenvalue weighted by Crippen LogP contribution is -2.15. The average Bonchev–Trinajstić information content (AvgIpc) is 2.58. The van der Waals surface area contributed by atoms with Crippen LogP contribution in [-0.4, -0.2) is 38.4 Å². The third-order valence-corrected chi connectivity index (χ3v) is 3.30. The minimum Gasteiger partial charge on any atom is -0.501 e. The van der Waals surface area contributed by atoms with E-state index in [-0.39, 0.29) is 0 Å². The highest BCUT2D eigenvalue weighted by atomic mass is 16.5. The Balaban J connectivity index is 0.000000626. The van der Waals surface area contributed by atoms with Gasteiger partial charge >= 0.3 is 0 Å². The number of benzene rings is 1. The van der Waals surface area contributed by atoms with Crippen LogP contribution in [0.1, 0.15) is 36.7 Å². The molecule has 4 heteroatoms. The average molecular weight is 304 g/mol. The summed E-state index contributed by atoms with van der Waals surface area (Å²) in [5.41, 5.74) is 7.73. The lowest BCUT2D eigenvalue weighted by molar-refractivity contribution is 0.112. The highest BCUT2D eigenvalue weighted by Gasteiger charge is 2.01. The molecule has 0 atom stereocenters. The van der Waals surface area contributed by atoms with Crippen LogP contribution in [0.25, 0.3) is 5.70 Å². The predicted molar refractivity (Wildman–Crippen MR) is 93.6 cm³/mol. The van der Waals surface area contributed by atoms with E-state index in [0.717, 1.165) is 30.7 Å². The summed E-state index contributed by atoms with van der Waals surface area (Å²) in [5, 5.41) is 0. The van der Waals surface area contributed by atoms with Crippen LogP contribution in [0.2, 0.25) is 0 Å². The van der Waals surface area contributed by atoms with Gasteiger partial charge in [-0.1, -0.05) is 38.1 Å². The monoisotopic (exact) mass is 304 g/mol. The van der Waals surface area contributed by atoms with E-state index >= 15 is 0 Å². The maximum Gasteiger partial charge on any atom is 0.150 e. The van der Waals surface area contributed by atoms with Crippen LogP contribution in [0.4, 0.5) is 0 Å². The highest BCUT2D eigenvalue weighted by molar-refractivity contribution is 5.85. The summed E-state index contributed by atoms with van der Waals surface area (Å²) in [6.07, 6.45) is 4.28. The lowest BCUT2D eigenvalue weighted by Gasteiger charge is -2.07. The number of carbonyl (C=O) groups is 1. The molecule has 122 valence electrons. The Bertz CT molecular complexity index is 504. The zero-order chi connectivity index (χ0) is 17.0. The van der Waals surface area contributed by atoms with Crippen molar-refractivity contribution in [3.05, 3.63) is 53.3 Å². The van der Waals surface area contributed by atoms with Gasteiger partial charge in [-0.3, -0.25) is 4.79 Å². The second-order valence-electron chi connectivity index (χ2n) is 4.80. The van der Waals surface area contributed by atoms with Gasteiger partial charge in [0.15, 0.2) is 6.29 Å². The molecule has 1 aromatic carbocycles. The Morgan fingerprint density at radius 1 is 1.23 bits per heavy atom. The van der Waals surface area contributed by atoms with Gasteiger partial charge in [0.1, 0.15) is 0 Å². The van der Waals surface area contributed by atoms with Gasteiger partial charge in [-0.25, -0.2) is 0 Å². The van der Waals surface area contributed by atoms with Crippen molar-refractivity contribution in [1.82, 2.24) is 4.90 Å². The number of rotatable bonds is 6. The number of nitrogens with zero attached hydrogens (tertiary/aromatic N) is 1. The molecule has 0 aliphatic heterocycles. The molecular weight excluding hydrogens is 276 g/mol. The molecule has 0 bridgehead atoms. The fourth-order valence-electron chi connectivity index (χ4n) is 1.45. The van der Waals surface area contributed by atoms with E-state index < -0.39 is 0 Å². The summed E-state index contributed by atoms with van der Waals surface area (Å²) in [4.78, 5) is 13.1.